The van der Waals surface area contributed by atoms with Crippen LogP contribution in [0.3, 0.4) is 0 Å². The Kier molecular flexibility index (Phi) is 5.01. The van der Waals surface area contributed by atoms with Crippen molar-refractivity contribution in [3.8, 4) is 5.75 Å². The summed E-state index contributed by atoms with van der Waals surface area (Å²) < 4.78 is 0. The first-order valence-electron chi connectivity index (χ1n) is 6.33. The summed E-state index contributed by atoms with van der Waals surface area (Å²) in [6, 6.07) is 4.65. The quantitative estimate of drug-likeness (QED) is 0.555. The predicted octanol–water partition coefficient (Wildman–Crippen LogP) is 2.53. The first kappa shape index (κ1) is 14.4. The number of benzene rings is 1. The van der Waals surface area contributed by atoms with Crippen molar-refractivity contribution in [3.05, 3.63) is 23.8 Å². The fourth-order valence-corrected chi connectivity index (χ4v) is 1.82. The molecule has 18 heavy (non-hydrogen) atoms. The lowest BCUT2D eigenvalue weighted by molar-refractivity contribution is 0.0935. The van der Waals surface area contributed by atoms with E-state index < -0.39 is 0 Å². The van der Waals surface area contributed by atoms with Gasteiger partial charge in [-0.05, 0) is 37.5 Å². The molecular weight excluding hydrogens is 228 g/mol. The van der Waals surface area contributed by atoms with Crippen LogP contribution in [0.2, 0.25) is 0 Å². The summed E-state index contributed by atoms with van der Waals surface area (Å²) in [6.07, 6.45) is 2.05. The van der Waals surface area contributed by atoms with Crippen molar-refractivity contribution in [2.45, 2.75) is 39.7 Å². The maximum absolute atomic E-state index is 11.9. The standard InChI is InChI=1S/C14H22N2O2/c1-4-9(2)7-10(3)16-14(18)11-5-6-12(15)13(17)8-11/h5-6,8-10,17H,4,7,15H2,1-3H3,(H,16,18). The second-order valence-corrected chi connectivity index (χ2v) is 4.90. The fourth-order valence-electron chi connectivity index (χ4n) is 1.82. The van der Waals surface area contributed by atoms with Crippen LogP contribution in [0.1, 0.15) is 44.0 Å². The van der Waals surface area contributed by atoms with E-state index >= 15 is 0 Å². The highest BCUT2D eigenvalue weighted by Crippen LogP contribution is 2.20. The summed E-state index contributed by atoms with van der Waals surface area (Å²) in [4.78, 5) is 11.9. The second-order valence-electron chi connectivity index (χ2n) is 4.90. The third-order valence-corrected chi connectivity index (χ3v) is 3.12. The third-order valence-electron chi connectivity index (χ3n) is 3.12. The molecule has 0 aromatic heterocycles. The summed E-state index contributed by atoms with van der Waals surface area (Å²) in [6.45, 7) is 6.29. The van der Waals surface area contributed by atoms with Crippen molar-refractivity contribution in [2.24, 2.45) is 5.92 Å². The van der Waals surface area contributed by atoms with Gasteiger partial charge in [-0.15, -0.1) is 0 Å². The van der Waals surface area contributed by atoms with Gasteiger partial charge in [0.05, 0.1) is 5.69 Å². The second kappa shape index (κ2) is 6.28. The highest BCUT2D eigenvalue weighted by molar-refractivity contribution is 5.95. The van der Waals surface area contributed by atoms with E-state index in [9.17, 15) is 9.90 Å². The highest BCUT2D eigenvalue weighted by Gasteiger charge is 2.13. The van der Waals surface area contributed by atoms with E-state index in [1.165, 1.54) is 12.1 Å². The molecule has 0 saturated heterocycles. The lowest BCUT2D eigenvalue weighted by Crippen LogP contribution is -2.33. The molecule has 0 heterocycles. The van der Waals surface area contributed by atoms with Gasteiger partial charge in [-0.2, -0.15) is 0 Å². The Morgan fingerprint density at radius 2 is 2.11 bits per heavy atom. The van der Waals surface area contributed by atoms with E-state index in [2.05, 4.69) is 19.2 Å². The van der Waals surface area contributed by atoms with E-state index in [1.807, 2.05) is 6.92 Å². The Bertz CT molecular complexity index is 418. The molecule has 4 nitrogen and oxygen atoms in total. The third kappa shape index (κ3) is 3.95. The average Bonchev–Trinajstić information content (AvgIpc) is 2.32. The summed E-state index contributed by atoms with van der Waals surface area (Å²) in [5.74, 6) is 0.346. The lowest BCUT2D eigenvalue weighted by Gasteiger charge is -2.17. The number of phenols is 1. The van der Waals surface area contributed by atoms with Crippen LogP contribution < -0.4 is 11.1 Å². The minimum Gasteiger partial charge on any atom is -0.506 e. The van der Waals surface area contributed by atoms with E-state index in [0.29, 0.717) is 11.5 Å². The number of nitrogens with two attached hydrogens (primary N) is 1. The number of carbonyl (C=O) groups excluding carboxylic acids is 1. The van der Waals surface area contributed by atoms with Crippen LogP contribution in [0.5, 0.6) is 5.75 Å². The van der Waals surface area contributed by atoms with Gasteiger partial charge < -0.3 is 16.2 Å². The number of phenolic OH excluding ortho intramolecular Hbond substituents is 1. The van der Waals surface area contributed by atoms with Crippen LogP contribution >= 0.6 is 0 Å². The number of nitrogen functional groups attached to an aromatic ring is 1. The Hall–Kier alpha value is -1.71. The van der Waals surface area contributed by atoms with Gasteiger partial charge in [0, 0.05) is 11.6 Å². The molecule has 0 fully saturated rings. The zero-order chi connectivity index (χ0) is 13.7. The molecule has 0 aliphatic carbocycles. The molecule has 0 aliphatic rings. The Balaban J connectivity index is 2.62. The minimum absolute atomic E-state index is 0.0581. The number of nitrogens with one attached hydrogen (secondary N) is 1. The molecule has 1 amide bonds. The van der Waals surface area contributed by atoms with Gasteiger partial charge in [0.1, 0.15) is 5.75 Å². The molecule has 2 atom stereocenters. The number of aromatic hydroxyl groups is 1. The molecule has 100 valence electrons. The molecule has 2 unspecified atom stereocenters. The number of carbonyl (C=O) groups is 1. The topological polar surface area (TPSA) is 75.4 Å². The van der Waals surface area contributed by atoms with Crippen LogP contribution in [0.25, 0.3) is 0 Å². The molecular formula is C14H22N2O2. The maximum Gasteiger partial charge on any atom is 0.251 e. The number of amides is 1. The van der Waals surface area contributed by atoms with Crippen molar-refractivity contribution in [1.82, 2.24) is 5.32 Å². The van der Waals surface area contributed by atoms with Crippen LogP contribution in [0, 0.1) is 5.92 Å². The smallest absolute Gasteiger partial charge is 0.251 e. The van der Waals surface area contributed by atoms with Gasteiger partial charge in [0.15, 0.2) is 0 Å². The molecule has 4 N–H and O–H groups in total. The molecule has 1 aromatic rings. The SMILES string of the molecule is CCC(C)CC(C)NC(=O)c1ccc(N)c(O)c1. The van der Waals surface area contributed by atoms with Crippen LogP contribution in [0.4, 0.5) is 5.69 Å². The van der Waals surface area contributed by atoms with E-state index in [0.717, 1.165) is 12.8 Å². The van der Waals surface area contributed by atoms with E-state index in [1.54, 1.807) is 6.07 Å². The maximum atomic E-state index is 11.9. The summed E-state index contributed by atoms with van der Waals surface area (Å²) in [5.41, 5.74) is 6.20. The summed E-state index contributed by atoms with van der Waals surface area (Å²) in [7, 11) is 0. The van der Waals surface area contributed by atoms with Gasteiger partial charge in [-0.1, -0.05) is 20.3 Å². The van der Waals surface area contributed by atoms with Crippen molar-refractivity contribution in [1.29, 1.82) is 0 Å². The molecule has 0 radical (unpaired) electrons. The fraction of sp³-hybridized carbons (Fsp3) is 0.500. The number of anilines is 1. The Morgan fingerprint density at radius 1 is 1.44 bits per heavy atom. The van der Waals surface area contributed by atoms with Gasteiger partial charge in [-0.25, -0.2) is 0 Å². The lowest BCUT2D eigenvalue weighted by atomic mass is 10.00. The Labute approximate surface area is 108 Å². The monoisotopic (exact) mass is 250 g/mol. The van der Waals surface area contributed by atoms with Crippen molar-refractivity contribution in [2.75, 3.05) is 5.73 Å². The van der Waals surface area contributed by atoms with Crippen LogP contribution in [-0.2, 0) is 0 Å². The number of hydrogen-bond acceptors (Lipinski definition) is 3. The van der Waals surface area contributed by atoms with Crippen LogP contribution in [0.15, 0.2) is 18.2 Å². The largest absolute Gasteiger partial charge is 0.506 e. The van der Waals surface area contributed by atoms with Crippen molar-refractivity contribution < 1.29 is 9.90 Å². The average molecular weight is 250 g/mol. The number of rotatable bonds is 5. The number of hydrogen-bond donors (Lipinski definition) is 3. The normalized spacial score (nSPS) is 13.9. The van der Waals surface area contributed by atoms with Crippen LogP contribution in [-0.4, -0.2) is 17.1 Å². The Morgan fingerprint density at radius 3 is 2.67 bits per heavy atom. The molecule has 0 saturated carbocycles. The van der Waals surface area contributed by atoms with E-state index in [4.69, 9.17) is 5.73 Å². The first-order valence-corrected chi connectivity index (χ1v) is 6.33. The van der Waals surface area contributed by atoms with E-state index in [-0.39, 0.29) is 23.4 Å². The van der Waals surface area contributed by atoms with Crippen molar-refractivity contribution >= 4 is 11.6 Å². The molecule has 1 rings (SSSR count). The summed E-state index contributed by atoms with van der Waals surface area (Å²) in [5, 5.41) is 12.4. The highest BCUT2D eigenvalue weighted by atomic mass is 16.3. The molecule has 0 bridgehead atoms. The zero-order valence-electron chi connectivity index (χ0n) is 11.2. The zero-order valence-corrected chi connectivity index (χ0v) is 11.2. The predicted molar refractivity (Wildman–Crippen MR) is 73.5 cm³/mol. The van der Waals surface area contributed by atoms with Gasteiger partial charge in [0.25, 0.3) is 5.91 Å². The molecule has 4 heteroatoms. The first-order chi connectivity index (χ1) is 8.43. The van der Waals surface area contributed by atoms with Gasteiger partial charge in [0.2, 0.25) is 0 Å². The molecule has 1 aromatic carbocycles. The molecule has 0 spiro atoms. The summed E-state index contributed by atoms with van der Waals surface area (Å²) >= 11 is 0. The van der Waals surface area contributed by atoms with Crippen molar-refractivity contribution in [3.63, 3.8) is 0 Å². The van der Waals surface area contributed by atoms with Gasteiger partial charge in [-0.3, -0.25) is 4.79 Å². The minimum atomic E-state index is -0.180. The molecule has 0 aliphatic heterocycles. The van der Waals surface area contributed by atoms with Gasteiger partial charge >= 0.3 is 0 Å².